The predicted octanol–water partition coefficient (Wildman–Crippen LogP) is 4.86. The summed E-state index contributed by atoms with van der Waals surface area (Å²) in [6.45, 7) is 1.53. The molecular formula is C23H21BrN2O3. The van der Waals surface area contributed by atoms with E-state index in [1.807, 2.05) is 41.3 Å². The Labute approximate surface area is 177 Å². The Morgan fingerprint density at radius 2 is 1.69 bits per heavy atom. The van der Waals surface area contributed by atoms with Crippen molar-refractivity contribution in [1.29, 1.82) is 0 Å². The fourth-order valence-electron chi connectivity index (χ4n) is 3.46. The number of ether oxygens (including phenoxy) is 1. The third kappa shape index (κ3) is 4.43. The molecule has 148 valence electrons. The minimum atomic E-state index is -0.260. The molecule has 4 rings (SSSR count). The first-order valence-electron chi connectivity index (χ1n) is 9.61. The number of hydrogen-bond donors (Lipinski definition) is 1. The molecule has 0 unspecified atom stereocenters. The molecule has 3 aromatic rings. The topological polar surface area (TPSA) is 58.6 Å². The van der Waals surface area contributed by atoms with E-state index in [0.717, 1.165) is 41.2 Å². The lowest BCUT2D eigenvalue weighted by atomic mass is 10.1. The Balaban J connectivity index is 1.35. The summed E-state index contributed by atoms with van der Waals surface area (Å²) in [5.41, 5.74) is 1.27. The lowest BCUT2D eigenvalue weighted by Crippen LogP contribution is -2.27. The highest BCUT2D eigenvalue weighted by molar-refractivity contribution is 9.10. The third-order valence-corrected chi connectivity index (χ3v) is 5.81. The first-order valence-corrected chi connectivity index (χ1v) is 10.4. The van der Waals surface area contributed by atoms with Crippen molar-refractivity contribution < 1.29 is 14.3 Å². The zero-order valence-corrected chi connectivity index (χ0v) is 17.4. The van der Waals surface area contributed by atoms with Crippen LogP contribution in [0, 0.1) is 0 Å². The van der Waals surface area contributed by atoms with Gasteiger partial charge in [-0.2, -0.15) is 0 Å². The number of nitrogens with one attached hydrogen (secondary N) is 1. The molecule has 1 aliphatic heterocycles. The Morgan fingerprint density at radius 1 is 0.966 bits per heavy atom. The smallest absolute Gasteiger partial charge is 0.262 e. The maximum absolute atomic E-state index is 12.4. The Kier molecular flexibility index (Phi) is 5.81. The zero-order chi connectivity index (χ0) is 20.2. The van der Waals surface area contributed by atoms with Gasteiger partial charge in [0.15, 0.2) is 6.61 Å². The molecular weight excluding hydrogens is 432 g/mol. The quantitative estimate of drug-likeness (QED) is 0.601. The molecule has 0 aliphatic carbocycles. The van der Waals surface area contributed by atoms with Gasteiger partial charge in [-0.05, 0) is 69.9 Å². The number of nitrogens with zero attached hydrogens (tertiary/aromatic N) is 1. The number of fused-ring (bicyclic) bond motifs is 1. The molecule has 0 bridgehead atoms. The molecule has 2 amide bonds. The Bertz CT molecular complexity index is 1040. The van der Waals surface area contributed by atoms with E-state index in [2.05, 4.69) is 21.2 Å². The van der Waals surface area contributed by atoms with Crippen molar-refractivity contribution in [2.45, 2.75) is 12.8 Å². The summed E-state index contributed by atoms with van der Waals surface area (Å²) in [5.74, 6) is 0.402. The number of anilines is 1. The largest absolute Gasteiger partial charge is 0.483 e. The van der Waals surface area contributed by atoms with Gasteiger partial charge in [0.1, 0.15) is 5.75 Å². The van der Waals surface area contributed by atoms with Crippen molar-refractivity contribution in [3.05, 3.63) is 70.7 Å². The number of carbonyl (C=O) groups excluding carboxylic acids is 2. The van der Waals surface area contributed by atoms with Crippen LogP contribution < -0.4 is 10.1 Å². The second-order valence-corrected chi connectivity index (χ2v) is 7.81. The van der Waals surface area contributed by atoms with E-state index in [0.29, 0.717) is 17.0 Å². The molecule has 1 N–H and O–H groups in total. The van der Waals surface area contributed by atoms with Crippen LogP contribution in [0.2, 0.25) is 0 Å². The number of likely N-dealkylation sites (tertiary alicyclic amines) is 1. The van der Waals surface area contributed by atoms with Gasteiger partial charge in [-0.3, -0.25) is 9.59 Å². The van der Waals surface area contributed by atoms with Gasteiger partial charge >= 0.3 is 0 Å². The van der Waals surface area contributed by atoms with Crippen molar-refractivity contribution >= 4 is 44.2 Å². The summed E-state index contributed by atoms with van der Waals surface area (Å²) in [4.78, 5) is 26.5. The van der Waals surface area contributed by atoms with Crippen LogP contribution in [-0.2, 0) is 4.79 Å². The standard InChI is InChI=1S/C23H21BrN2O3/c24-22-19-6-2-1-5-16(19)9-12-20(22)29-15-21(27)25-18-10-7-17(8-11-18)23(28)26-13-3-4-14-26/h1-2,5-12H,3-4,13-15H2,(H,25,27). The van der Waals surface area contributed by atoms with Crippen molar-refractivity contribution in [3.63, 3.8) is 0 Å². The van der Waals surface area contributed by atoms with Crippen LogP contribution in [0.4, 0.5) is 5.69 Å². The Hall–Kier alpha value is -2.86. The highest BCUT2D eigenvalue weighted by Crippen LogP contribution is 2.33. The molecule has 1 heterocycles. The summed E-state index contributed by atoms with van der Waals surface area (Å²) in [7, 11) is 0. The molecule has 1 saturated heterocycles. The summed E-state index contributed by atoms with van der Waals surface area (Å²) in [5, 5.41) is 4.93. The average Bonchev–Trinajstić information content (AvgIpc) is 3.28. The van der Waals surface area contributed by atoms with Crippen molar-refractivity contribution in [2.75, 3.05) is 25.0 Å². The van der Waals surface area contributed by atoms with Crippen LogP contribution in [0.3, 0.4) is 0 Å². The molecule has 5 nitrogen and oxygen atoms in total. The van der Waals surface area contributed by atoms with E-state index < -0.39 is 0 Å². The van der Waals surface area contributed by atoms with Crippen molar-refractivity contribution in [2.24, 2.45) is 0 Å². The van der Waals surface area contributed by atoms with E-state index in [-0.39, 0.29) is 18.4 Å². The molecule has 0 radical (unpaired) electrons. The second-order valence-electron chi connectivity index (χ2n) is 7.01. The van der Waals surface area contributed by atoms with Gasteiger partial charge in [-0.25, -0.2) is 0 Å². The van der Waals surface area contributed by atoms with Crippen LogP contribution in [-0.4, -0.2) is 36.4 Å². The monoisotopic (exact) mass is 452 g/mol. The second kappa shape index (κ2) is 8.66. The van der Waals surface area contributed by atoms with Crippen LogP contribution in [0.1, 0.15) is 23.2 Å². The molecule has 0 aromatic heterocycles. The lowest BCUT2D eigenvalue weighted by molar-refractivity contribution is -0.118. The number of benzene rings is 3. The van der Waals surface area contributed by atoms with Gasteiger partial charge in [0, 0.05) is 24.3 Å². The van der Waals surface area contributed by atoms with Gasteiger partial charge in [0.05, 0.1) is 4.47 Å². The summed E-state index contributed by atoms with van der Waals surface area (Å²) < 4.78 is 6.52. The molecule has 0 saturated carbocycles. The molecule has 29 heavy (non-hydrogen) atoms. The number of amides is 2. The van der Waals surface area contributed by atoms with E-state index in [1.165, 1.54) is 0 Å². The number of carbonyl (C=O) groups is 2. The molecule has 3 aromatic carbocycles. The fourth-order valence-corrected chi connectivity index (χ4v) is 4.07. The Morgan fingerprint density at radius 3 is 2.45 bits per heavy atom. The van der Waals surface area contributed by atoms with Crippen LogP contribution in [0.15, 0.2) is 65.1 Å². The minimum absolute atomic E-state index is 0.0462. The van der Waals surface area contributed by atoms with Crippen LogP contribution >= 0.6 is 15.9 Å². The van der Waals surface area contributed by atoms with E-state index in [1.54, 1.807) is 24.3 Å². The summed E-state index contributed by atoms with van der Waals surface area (Å²) >= 11 is 3.56. The molecule has 0 atom stereocenters. The van der Waals surface area contributed by atoms with E-state index in [9.17, 15) is 9.59 Å². The van der Waals surface area contributed by atoms with Crippen LogP contribution in [0.5, 0.6) is 5.75 Å². The van der Waals surface area contributed by atoms with E-state index >= 15 is 0 Å². The normalized spacial score (nSPS) is 13.5. The lowest BCUT2D eigenvalue weighted by Gasteiger charge is -2.15. The predicted molar refractivity (Wildman–Crippen MR) is 117 cm³/mol. The SMILES string of the molecule is O=C(COc1ccc2ccccc2c1Br)Nc1ccc(C(=O)N2CCCC2)cc1. The van der Waals surface area contributed by atoms with Crippen LogP contribution in [0.25, 0.3) is 10.8 Å². The average molecular weight is 453 g/mol. The highest BCUT2D eigenvalue weighted by Gasteiger charge is 2.19. The van der Waals surface area contributed by atoms with Gasteiger partial charge in [-0.1, -0.05) is 30.3 Å². The van der Waals surface area contributed by atoms with Gasteiger partial charge in [0.2, 0.25) is 0 Å². The number of hydrogen-bond acceptors (Lipinski definition) is 3. The molecule has 0 spiro atoms. The van der Waals surface area contributed by atoms with Crippen molar-refractivity contribution in [3.8, 4) is 5.75 Å². The third-order valence-electron chi connectivity index (χ3n) is 5.00. The van der Waals surface area contributed by atoms with Crippen molar-refractivity contribution in [1.82, 2.24) is 4.90 Å². The first kappa shape index (κ1) is 19.5. The number of rotatable bonds is 5. The van der Waals surface area contributed by atoms with E-state index in [4.69, 9.17) is 4.74 Å². The van der Waals surface area contributed by atoms with Gasteiger partial charge in [-0.15, -0.1) is 0 Å². The molecule has 1 aliphatic rings. The molecule has 1 fully saturated rings. The fraction of sp³-hybridized carbons (Fsp3) is 0.217. The highest BCUT2D eigenvalue weighted by atomic mass is 79.9. The summed E-state index contributed by atoms with van der Waals surface area (Å²) in [6, 6.07) is 18.7. The minimum Gasteiger partial charge on any atom is -0.483 e. The van der Waals surface area contributed by atoms with Gasteiger partial charge < -0.3 is 15.0 Å². The first-order chi connectivity index (χ1) is 14.1. The maximum atomic E-state index is 12.4. The van der Waals surface area contributed by atoms with Gasteiger partial charge in [0.25, 0.3) is 11.8 Å². The molecule has 6 heteroatoms. The zero-order valence-electron chi connectivity index (χ0n) is 15.9. The summed E-state index contributed by atoms with van der Waals surface area (Å²) in [6.07, 6.45) is 2.13. The number of halogens is 1. The maximum Gasteiger partial charge on any atom is 0.262 e.